The number of sulfonamides is 1. The lowest BCUT2D eigenvalue weighted by Crippen LogP contribution is -2.51. The molecule has 0 radical (unpaired) electrons. The van der Waals surface area contributed by atoms with Crippen molar-refractivity contribution in [2.75, 3.05) is 75.9 Å². The van der Waals surface area contributed by atoms with Crippen LogP contribution in [0.4, 0.5) is 24.9 Å². The van der Waals surface area contributed by atoms with Crippen LogP contribution in [0.15, 0.2) is 24.3 Å². The Labute approximate surface area is 300 Å². The monoisotopic (exact) mass is 743 g/mol. The number of likely N-dealkylation sites (tertiary alicyclic amines) is 1. The van der Waals surface area contributed by atoms with Crippen LogP contribution in [-0.4, -0.2) is 115 Å². The predicted octanol–water partition coefficient (Wildman–Crippen LogP) is 5.04. The van der Waals surface area contributed by atoms with Gasteiger partial charge in [-0.3, -0.25) is 9.80 Å². The molecule has 0 saturated carbocycles. The van der Waals surface area contributed by atoms with Crippen molar-refractivity contribution in [3.05, 3.63) is 46.0 Å². The zero-order valence-electron chi connectivity index (χ0n) is 29.4. The summed E-state index contributed by atoms with van der Waals surface area (Å²) >= 11 is 1.08. The van der Waals surface area contributed by atoms with Crippen LogP contribution < -0.4 is 10.2 Å². The maximum Gasteiger partial charge on any atom is 0.393 e. The van der Waals surface area contributed by atoms with Crippen LogP contribution in [0.3, 0.4) is 0 Å². The van der Waals surface area contributed by atoms with Gasteiger partial charge in [0.2, 0.25) is 16.0 Å². The first kappa shape index (κ1) is 35.9. The molecule has 6 heterocycles. The Kier molecular flexibility index (Phi) is 9.49. The van der Waals surface area contributed by atoms with Gasteiger partial charge >= 0.3 is 6.18 Å². The van der Waals surface area contributed by atoms with Crippen molar-refractivity contribution in [1.29, 1.82) is 5.26 Å². The number of rotatable bonds is 9. The van der Waals surface area contributed by atoms with Crippen molar-refractivity contribution in [3.63, 3.8) is 0 Å². The van der Waals surface area contributed by atoms with E-state index in [0.717, 1.165) is 67.8 Å². The summed E-state index contributed by atoms with van der Waals surface area (Å²) in [4.78, 5) is 17.0. The number of alkyl halides is 3. The molecule has 7 rings (SSSR count). The molecule has 3 aliphatic rings. The molecule has 1 N–H and O–H groups in total. The van der Waals surface area contributed by atoms with Gasteiger partial charge in [-0.05, 0) is 62.6 Å². The molecule has 1 aromatic carbocycles. The van der Waals surface area contributed by atoms with Crippen LogP contribution in [0.5, 0.6) is 0 Å². The van der Waals surface area contributed by atoms with Gasteiger partial charge in [0.25, 0.3) is 0 Å². The molecule has 1 unspecified atom stereocenters. The highest BCUT2D eigenvalue weighted by Crippen LogP contribution is 2.44. The van der Waals surface area contributed by atoms with Crippen molar-refractivity contribution in [3.8, 4) is 6.07 Å². The summed E-state index contributed by atoms with van der Waals surface area (Å²) in [5.41, 5.74) is 4.12. The number of thiophene rings is 1. The van der Waals surface area contributed by atoms with Crippen LogP contribution >= 0.6 is 11.3 Å². The zero-order chi connectivity index (χ0) is 36.3. The van der Waals surface area contributed by atoms with E-state index in [1.165, 1.54) is 21.7 Å². The molecule has 1 spiro atoms. The van der Waals surface area contributed by atoms with E-state index in [9.17, 15) is 26.9 Å². The van der Waals surface area contributed by atoms with Gasteiger partial charge in [0, 0.05) is 93.2 Å². The first-order valence-corrected chi connectivity index (χ1v) is 20.0. The molecule has 274 valence electrons. The second kappa shape index (κ2) is 13.5. The highest BCUT2D eigenvalue weighted by molar-refractivity contribution is 7.88. The summed E-state index contributed by atoms with van der Waals surface area (Å²) in [5, 5.41) is 14.8. The number of nitrogens with zero attached hydrogens (tertiary/aromatic N) is 8. The second-order valence-electron chi connectivity index (χ2n) is 14.6. The van der Waals surface area contributed by atoms with Crippen LogP contribution in [0.25, 0.3) is 21.1 Å². The lowest BCUT2D eigenvalue weighted by Gasteiger charge is -2.37. The lowest BCUT2D eigenvalue weighted by molar-refractivity contribution is -0.126. The average Bonchev–Trinajstić information content (AvgIpc) is 3.86. The number of piperazine rings is 1. The number of hydrogen-bond donors (Lipinski definition) is 1. The smallest absolute Gasteiger partial charge is 0.357 e. The summed E-state index contributed by atoms with van der Waals surface area (Å²) < 4.78 is 67.2. The summed E-state index contributed by atoms with van der Waals surface area (Å²) in [6.07, 6.45) is -1.98. The van der Waals surface area contributed by atoms with Gasteiger partial charge in [0.05, 0.1) is 18.1 Å². The molecular formula is C35H44F3N9O2S2. The van der Waals surface area contributed by atoms with Gasteiger partial charge in [-0.25, -0.2) is 13.4 Å². The summed E-state index contributed by atoms with van der Waals surface area (Å²) in [6, 6.07) is 10.4. The number of aryl methyl sites for hydroxylation is 1. The van der Waals surface area contributed by atoms with Gasteiger partial charge < -0.3 is 14.8 Å². The minimum atomic E-state index is -4.28. The second-order valence-corrected chi connectivity index (χ2v) is 17.7. The molecule has 11 nitrogen and oxygen atoms in total. The van der Waals surface area contributed by atoms with E-state index < -0.39 is 22.6 Å². The molecule has 0 bridgehead atoms. The van der Waals surface area contributed by atoms with E-state index in [0.29, 0.717) is 60.4 Å². The molecule has 3 aliphatic heterocycles. The van der Waals surface area contributed by atoms with E-state index in [2.05, 4.69) is 61.6 Å². The van der Waals surface area contributed by atoms with Crippen molar-refractivity contribution in [2.45, 2.75) is 58.4 Å². The van der Waals surface area contributed by atoms with Crippen LogP contribution in [-0.2, 0) is 29.5 Å². The largest absolute Gasteiger partial charge is 0.393 e. The molecule has 2 atom stereocenters. The number of hydrogen-bond acceptors (Lipinski definition) is 10. The maximum atomic E-state index is 13.2. The average molecular weight is 744 g/mol. The molecule has 4 aromatic rings. The molecule has 3 fully saturated rings. The van der Waals surface area contributed by atoms with Crippen molar-refractivity contribution in [2.24, 2.45) is 5.41 Å². The molecule has 0 amide bonds. The minimum absolute atomic E-state index is 0.0696. The van der Waals surface area contributed by atoms with Gasteiger partial charge in [-0.15, -0.1) is 11.3 Å². The predicted molar refractivity (Wildman–Crippen MR) is 195 cm³/mol. The Bertz CT molecular complexity index is 2100. The van der Waals surface area contributed by atoms with E-state index in [-0.39, 0.29) is 16.3 Å². The van der Waals surface area contributed by atoms with Crippen LogP contribution in [0, 0.1) is 23.7 Å². The summed E-state index contributed by atoms with van der Waals surface area (Å²) in [7, 11) is -1.48. The first-order chi connectivity index (χ1) is 24.1. The van der Waals surface area contributed by atoms with E-state index >= 15 is 0 Å². The van der Waals surface area contributed by atoms with E-state index in [1.54, 1.807) is 13.1 Å². The van der Waals surface area contributed by atoms with E-state index in [4.69, 9.17) is 4.98 Å². The third-order valence-electron chi connectivity index (χ3n) is 11.1. The zero-order valence-corrected chi connectivity index (χ0v) is 31.1. The molecular weight excluding hydrogens is 700 g/mol. The fourth-order valence-corrected chi connectivity index (χ4v) is 10.2. The quantitative estimate of drug-likeness (QED) is 0.252. The Morgan fingerprint density at radius 2 is 1.80 bits per heavy atom. The highest BCUT2D eigenvalue weighted by Gasteiger charge is 2.44. The first-order valence-electron chi connectivity index (χ1n) is 17.4. The lowest BCUT2D eigenvalue weighted by atomic mass is 9.86. The fraction of sp³-hybridized carbons (Fsp3) is 0.571. The minimum Gasteiger partial charge on any atom is -0.357 e. The highest BCUT2D eigenvalue weighted by atomic mass is 32.2. The molecule has 0 aliphatic carbocycles. The normalized spacial score (nSPS) is 21.7. The Hall–Kier alpha value is -3.49. The number of halogens is 3. The van der Waals surface area contributed by atoms with Gasteiger partial charge in [0.15, 0.2) is 0 Å². The summed E-state index contributed by atoms with van der Waals surface area (Å²) in [6.45, 7) is 11.4. The fourth-order valence-electron chi connectivity index (χ4n) is 8.28. The van der Waals surface area contributed by atoms with E-state index in [1.807, 2.05) is 6.07 Å². The Balaban J connectivity index is 1.04. The number of aromatic nitrogens is 3. The van der Waals surface area contributed by atoms with Crippen LogP contribution in [0.2, 0.25) is 0 Å². The van der Waals surface area contributed by atoms with Gasteiger partial charge in [-0.1, -0.05) is 6.07 Å². The topological polar surface area (TPSA) is 114 Å². The standard InChI is InChI=1S/C35H44F3N9O2S2/c1-23(44-11-13-46(14-12-44)51(4,48)49)19-47-26(18-39)15-28-24(2)25(5-6-30(28)47)20-43-9-7-34(21-43)8-10-45(22-34)31-29-16-27(17-35(36,37)38)50-32(29)42-33(40-3)41-31/h5-6,15-16,23H,7-14,17,19-22H2,1-4H3,(H,40,41,42)/t23-,34?/m0/s1. The number of nitrogens with one attached hydrogen (secondary N) is 1. The number of anilines is 2. The summed E-state index contributed by atoms with van der Waals surface area (Å²) in [5.74, 6) is 1.11. The third-order valence-corrected chi connectivity index (χ3v) is 13.4. The molecule has 16 heteroatoms. The van der Waals surface area contributed by atoms with Crippen LogP contribution in [0.1, 0.15) is 41.5 Å². The van der Waals surface area contributed by atoms with Crippen molar-refractivity contribution < 1.29 is 21.6 Å². The number of fused-ring (bicyclic) bond motifs is 2. The Morgan fingerprint density at radius 1 is 1.06 bits per heavy atom. The van der Waals surface area contributed by atoms with Crippen molar-refractivity contribution >= 4 is 54.2 Å². The Morgan fingerprint density at radius 3 is 2.49 bits per heavy atom. The third kappa shape index (κ3) is 7.28. The molecule has 51 heavy (non-hydrogen) atoms. The van der Waals surface area contributed by atoms with Gasteiger partial charge in [0.1, 0.15) is 22.4 Å². The maximum absolute atomic E-state index is 13.2. The SMILES string of the molecule is CNc1nc(N2CCC3(CCN(Cc4ccc5c(cc(C#N)n5C[C@H](C)N5CCN(S(C)(=O)=O)CC5)c4C)C3)C2)c2cc(CC(F)(F)F)sc2n1. The molecule has 3 aromatic heterocycles. The number of nitriles is 1. The van der Waals surface area contributed by atoms with Crippen molar-refractivity contribution in [1.82, 2.24) is 28.6 Å². The van der Waals surface area contributed by atoms with Gasteiger partial charge in [-0.2, -0.15) is 27.7 Å². The number of benzene rings is 1. The molecule has 3 saturated heterocycles.